The van der Waals surface area contributed by atoms with Gasteiger partial charge in [-0.25, -0.2) is 0 Å². The highest BCUT2D eigenvalue weighted by molar-refractivity contribution is 6.36. The lowest BCUT2D eigenvalue weighted by Gasteiger charge is -2.38. The quantitative estimate of drug-likeness (QED) is 0.694. The van der Waals surface area contributed by atoms with Crippen molar-refractivity contribution in [2.24, 2.45) is 11.3 Å². The van der Waals surface area contributed by atoms with E-state index in [1.54, 1.807) is 25.8 Å². The van der Waals surface area contributed by atoms with E-state index in [1.165, 1.54) is 0 Å². The summed E-state index contributed by atoms with van der Waals surface area (Å²) in [7, 11) is 1.74. The molecule has 0 spiro atoms. The first-order chi connectivity index (χ1) is 7.62. The second-order valence-electron chi connectivity index (χ2n) is 6.11. The summed E-state index contributed by atoms with van der Waals surface area (Å²) in [6.45, 7) is 12.0. The van der Waals surface area contributed by atoms with Crippen molar-refractivity contribution in [3.63, 3.8) is 0 Å². The maximum atomic E-state index is 12.0. The van der Waals surface area contributed by atoms with Crippen LogP contribution in [-0.2, 0) is 9.59 Å². The van der Waals surface area contributed by atoms with Crippen LogP contribution < -0.4 is 0 Å². The number of hydrogen-bond donors (Lipinski definition) is 0. The van der Waals surface area contributed by atoms with E-state index in [1.807, 2.05) is 0 Å². The smallest absolute Gasteiger partial charge is 0.290 e. The largest absolute Gasteiger partial charge is 0.336 e. The topological polar surface area (TPSA) is 37.4 Å². The molecule has 0 aliphatic heterocycles. The van der Waals surface area contributed by atoms with E-state index >= 15 is 0 Å². The van der Waals surface area contributed by atoms with Crippen molar-refractivity contribution in [2.75, 3.05) is 7.05 Å². The number of carbonyl (C=O) groups excluding carboxylic acids is 2. The molecule has 1 unspecified atom stereocenters. The van der Waals surface area contributed by atoms with Crippen molar-refractivity contribution in [1.29, 1.82) is 0 Å². The number of rotatable bonds is 5. The van der Waals surface area contributed by atoms with E-state index in [-0.39, 0.29) is 29.1 Å². The Morgan fingerprint density at radius 3 is 1.94 bits per heavy atom. The fourth-order valence-corrected chi connectivity index (χ4v) is 2.04. The summed E-state index contributed by atoms with van der Waals surface area (Å²) in [5.74, 6) is -0.876. The first-order valence-electron chi connectivity index (χ1n) is 6.43. The second kappa shape index (κ2) is 6.18. The molecular formula is C14H27NO2. The first kappa shape index (κ1) is 16.1. The van der Waals surface area contributed by atoms with Crippen molar-refractivity contribution in [1.82, 2.24) is 4.90 Å². The van der Waals surface area contributed by atoms with Gasteiger partial charge >= 0.3 is 0 Å². The van der Waals surface area contributed by atoms with Crippen molar-refractivity contribution in [2.45, 2.75) is 60.4 Å². The molecular weight excluding hydrogens is 214 g/mol. The Labute approximate surface area is 106 Å². The third kappa shape index (κ3) is 4.49. The molecule has 0 aromatic rings. The molecule has 3 heteroatoms. The monoisotopic (exact) mass is 241 g/mol. The number of hydrogen-bond acceptors (Lipinski definition) is 2. The molecule has 100 valence electrons. The summed E-state index contributed by atoms with van der Waals surface area (Å²) in [5, 5.41) is 0. The predicted molar refractivity (Wildman–Crippen MR) is 70.8 cm³/mol. The summed E-state index contributed by atoms with van der Waals surface area (Å²) in [6.07, 6.45) is 1.94. The zero-order chi connectivity index (χ0) is 13.8. The number of amides is 1. The van der Waals surface area contributed by atoms with Crippen LogP contribution in [0.2, 0.25) is 0 Å². The highest BCUT2D eigenvalue weighted by Gasteiger charge is 2.33. The third-order valence-corrected chi connectivity index (χ3v) is 3.08. The number of ketones is 1. The van der Waals surface area contributed by atoms with E-state index in [9.17, 15) is 9.59 Å². The van der Waals surface area contributed by atoms with Gasteiger partial charge in [-0.3, -0.25) is 9.59 Å². The lowest BCUT2D eigenvalue weighted by Crippen LogP contribution is -2.48. The van der Waals surface area contributed by atoms with Gasteiger partial charge in [-0.15, -0.1) is 0 Å². The van der Waals surface area contributed by atoms with Crippen LogP contribution in [0, 0.1) is 11.3 Å². The number of carbonyl (C=O) groups is 2. The Balaban J connectivity index is 4.91. The molecule has 0 aromatic heterocycles. The number of Topliss-reactive ketones (excluding diaryl/α,β-unsaturated/α-hetero) is 1. The summed E-state index contributed by atoms with van der Waals surface area (Å²) >= 11 is 0. The first-order valence-corrected chi connectivity index (χ1v) is 6.43. The van der Waals surface area contributed by atoms with Gasteiger partial charge in [0.25, 0.3) is 5.91 Å². The molecule has 3 nitrogen and oxygen atoms in total. The minimum Gasteiger partial charge on any atom is -0.336 e. The fraction of sp³-hybridized carbons (Fsp3) is 0.857. The number of nitrogens with zero attached hydrogens (tertiary/aromatic N) is 1. The zero-order valence-electron chi connectivity index (χ0n) is 12.3. The molecule has 0 radical (unpaired) electrons. The highest BCUT2D eigenvalue weighted by atomic mass is 16.2. The van der Waals surface area contributed by atoms with Gasteiger partial charge in [-0.05, 0) is 11.8 Å². The maximum Gasteiger partial charge on any atom is 0.290 e. The van der Waals surface area contributed by atoms with E-state index in [0.29, 0.717) is 0 Å². The van der Waals surface area contributed by atoms with Crippen molar-refractivity contribution in [3.05, 3.63) is 0 Å². The molecule has 0 aromatic carbocycles. The van der Waals surface area contributed by atoms with Crippen LogP contribution in [0.4, 0.5) is 0 Å². The molecule has 0 aliphatic carbocycles. The average molecular weight is 241 g/mol. The van der Waals surface area contributed by atoms with Gasteiger partial charge in [0.1, 0.15) is 0 Å². The summed E-state index contributed by atoms with van der Waals surface area (Å²) < 4.78 is 0. The van der Waals surface area contributed by atoms with Crippen molar-refractivity contribution >= 4 is 11.7 Å². The zero-order valence-corrected chi connectivity index (χ0v) is 12.3. The van der Waals surface area contributed by atoms with Gasteiger partial charge < -0.3 is 4.90 Å². The van der Waals surface area contributed by atoms with Crippen LogP contribution in [0.1, 0.15) is 54.4 Å². The van der Waals surface area contributed by atoms with E-state index in [4.69, 9.17) is 0 Å². The van der Waals surface area contributed by atoms with Crippen LogP contribution >= 0.6 is 0 Å². The van der Waals surface area contributed by atoms with Gasteiger partial charge in [0, 0.05) is 19.0 Å². The predicted octanol–water partition coefficient (Wildman–Crippen LogP) is 2.88. The van der Waals surface area contributed by atoms with Crippen molar-refractivity contribution in [3.8, 4) is 0 Å². The van der Waals surface area contributed by atoms with Gasteiger partial charge in [0.05, 0.1) is 0 Å². The number of likely N-dealkylation sites (N-methyl/N-ethyl adjacent to an activating group) is 1. The third-order valence-electron chi connectivity index (χ3n) is 3.08. The molecule has 0 bridgehead atoms. The Morgan fingerprint density at radius 1 is 1.18 bits per heavy atom. The van der Waals surface area contributed by atoms with Gasteiger partial charge in [-0.1, -0.05) is 48.0 Å². The summed E-state index contributed by atoms with van der Waals surface area (Å²) in [6, 6.07) is 0.114. The maximum absolute atomic E-state index is 12.0. The Morgan fingerprint density at radius 2 is 1.65 bits per heavy atom. The molecule has 1 atom stereocenters. The second-order valence-corrected chi connectivity index (χ2v) is 6.11. The molecule has 0 rings (SSSR count). The Kier molecular flexibility index (Phi) is 5.86. The lowest BCUT2D eigenvalue weighted by atomic mass is 9.83. The minimum absolute atomic E-state index is 0.00230. The summed E-state index contributed by atoms with van der Waals surface area (Å²) in [4.78, 5) is 25.4. The van der Waals surface area contributed by atoms with Crippen LogP contribution in [0.25, 0.3) is 0 Å². The van der Waals surface area contributed by atoms with Crippen LogP contribution in [0.15, 0.2) is 0 Å². The van der Waals surface area contributed by atoms with Gasteiger partial charge in [-0.2, -0.15) is 0 Å². The molecule has 1 amide bonds. The van der Waals surface area contributed by atoms with Crippen LogP contribution in [0.3, 0.4) is 0 Å². The standard InChI is InChI=1S/C14H27NO2/c1-8-9-11(14(4,5)6)15(7)13(17)12(16)10(2)3/h10-11H,8-9H2,1-7H3. The molecule has 0 saturated heterocycles. The molecule has 0 N–H and O–H groups in total. The molecule has 0 saturated carbocycles. The normalized spacial score (nSPS) is 13.6. The van der Waals surface area contributed by atoms with E-state index in [0.717, 1.165) is 12.8 Å². The molecule has 17 heavy (non-hydrogen) atoms. The van der Waals surface area contributed by atoms with Crippen molar-refractivity contribution < 1.29 is 9.59 Å². The van der Waals surface area contributed by atoms with E-state index < -0.39 is 0 Å². The van der Waals surface area contributed by atoms with Crippen LogP contribution in [0.5, 0.6) is 0 Å². The minimum atomic E-state index is -0.353. The van der Waals surface area contributed by atoms with Gasteiger partial charge in [0.2, 0.25) is 5.78 Å². The Hall–Kier alpha value is -0.860. The fourth-order valence-electron chi connectivity index (χ4n) is 2.04. The summed E-state index contributed by atoms with van der Waals surface area (Å²) in [5.41, 5.74) is -0.00230. The molecule has 0 heterocycles. The van der Waals surface area contributed by atoms with Gasteiger partial charge in [0.15, 0.2) is 0 Å². The SMILES string of the molecule is CCCC(N(C)C(=O)C(=O)C(C)C)C(C)(C)C. The molecule has 0 aliphatic rings. The highest BCUT2D eigenvalue weighted by Crippen LogP contribution is 2.27. The average Bonchev–Trinajstić information content (AvgIpc) is 2.21. The molecule has 0 fully saturated rings. The van der Waals surface area contributed by atoms with Crippen LogP contribution in [-0.4, -0.2) is 29.7 Å². The Bertz CT molecular complexity index is 276. The van der Waals surface area contributed by atoms with E-state index in [2.05, 4.69) is 27.7 Å². The lowest BCUT2D eigenvalue weighted by molar-refractivity contribution is -0.148.